The van der Waals surface area contributed by atoms with E-state index < -0.39 is 17.9 Å². The van der Waals surface area contributed by atoms with E-state index in [-0.39, 0.29) is 0 Å². The molecule has 3 aromatic rings. The van der Waals surface area contributed by atoms with Gasteiger partial charge in [-0.1, -0.05) is 59.6 Å². The molecule has 130 valence electrons. The van der Waals surface area contributed by atoms with Crippen LogP contribution in [0, 0.1) is 5.92 Å². The Bertz CT molecular complexity index is 1010. The average Bonchev–Trinajstić information content (AvgIpc) is 3.11. The zero-order chi connectivity index (χ0) is 18.3. The topological polar surface area (TPSA) is 67.5 Å². The smallest absolute Gasteiger partial charge is 0.315 e. The van der Waals surface area contributed by atoms with Gasteiger partial charge in [-0.15, -0.1) is 0 Å². The van der Waals surface area contributed by atoms with Gasteiger partial charge in [0.05, 0.1) is 28.0 Å². The lowest BCUT2D eigenvalue weighted by molar-refractivity contribution is -0.140. The summed E-state index contributed by atoms with van der Waals surface area (Å²) < 4.78 is 1.62. The molecule has 7 heteroatoms. The first-order valence-electron chi connectivity index (χ1n) is 7.91. The molecule has 4 rings (SSSR count). The van der Waals surface area contributed by atoms with Crippen LogP contribution in [-0.4, -0.2) is 26.6 Å². The summed E-state index contributed by atoms with van der Waals surface area (Å²) in [6.07, 6.45) is 1.61. The number of carbonyl (C=O) groups is 1. The van der Waals surface area contributed by atoms with E-state index in [4.69, 9.17) is 23.2 Å². The number of aromatic nitrogens is 2. The van der Waals surface area contributed by atoms with E-state index >= 15 is 0 Å². The third-order valence-electron chi connectivity index (χ3n) is 4.38. The maximum absolute atomic E-state index is 12.2. The maximum Gasteiger partial charge on any atom is 0.315 e. The van der Waals surface area contributed by atoms with Gasteiger partial charge in [-0.05, 0) is 23.3 Å². The molecule has 1 aliphatic heterocycles. The Labute approximate surface area is 159 Å². The zero-order valence-electron chi connectivity index (χ0n) is 13.4. The molecule has 0 aliphatic carbocycles. The third kappa shape index (κ3) is 2.79. The van der Waals surface area contributed by atoms with Gasteiger partial charge in [0, 0.05) is 6.07 Å². The minimum absolute atomic E-state index is 0.366. The normalized spacial score (nSPS) is 18.9. The van der Waals surface area contributed by atoms with Crippen molar-refractivity contribution in [3.05, 3.63) is 82.0 Å². The number of aliphatic imine (C=N–C) groups is 1. The Morgan fingerprint density at radius 2 is 1.81 bits per heavy atom. The van der Waals surface area contributed by atoms with E-state index in [9.17, 15) is 9.90 Å². The molecule has 0 saturated carbocycles. The lowest BCUT2D eigenvalue weighted by Gasteiger charge is -2.31. The van der Waals surface area contributed by atoms with Gasteiger partial charge in [-0.2, -0.15) is 5.10 Å². The Morgan fingerprint density at radius 3 is 2.50 bits per heavy atom. The van der Waals surface area contributed by atoms with Crippen LogP contribution in [0.15, 0.2) is 65.8 Å². The number of hydrogen-bond donors (Lipinski definition) is 1. The molecule has 26 heavy (non-hydrogen) atoms. The standard InChI is InChI=1S/C19H13Cl2N3O2/c20-13-7-6-12(10-14(13)21)18-16(19(25)26)17(11-4-2-1-3-5-11)23-15-8-9-22-24(15)18/h1-10,16,18H,(H,25,26). The van der Waals surface area contributed by atoms with Gasteiger partial charge in [-0.3, -0.25) is 4.79 Å². The molecule has 2 atom stereocenters. The number of benzene rings is 2. The van der Waals surface area contributed by atoms with E-state index in [1.54, 1.807) is 35.1 Å². The highest BCUT2D eigenvalue weighted by Gasteiger charge is 2.40. The van der Waals surface area contributed by atoms with Crippen LogP contribution < -0.4 is 0 Å². The van der Waals surface area contributed by atoms with Crippen molar-refractivity contribution >= 4 is 40.7 Å². The lowest BCUT2D eigenvalue weighted by atomic mass is 9.85. The van der Waals surface area contributed by atoms with Gasteiger partial charge in [0.25, 0.3) is 0 Å². The Morgan fingerprint density at radius 1 is 1.04 bits per heavy atom. The fraction of sp³-hybridized carbons (Fsp3) is 0.105. The second-order valence-corrected chi connectivity index (χ2v) is 6.75. The van der Waals surface area contributed by atoms with Crippen molar-refractivity contribution in [2.45, 2.75) is 6.04 Å². The molecule has 0 radical (unpaired) electrons. The van der Waals surface area contributed by atoms with Crippen LogP contribution in [-0.2, 0) is 4.79 Å². The van der Waals surface area contributed by atoms with Gasteiger partial charge >= 0.3 is 5.97 Å². The summed E-state index contributed by atoms with van der Waals surface area (Å²) in [4.78, 5) is 16.8. The number of aliphatic carboxylic acids is 1. The zero-order valence-corrected chi connectivity index (χ0v) is 14.9. The first-order valence-corrected chi connectivity index (χ1v) is 8.67. The predicted octanol–water partition coefficient (Wildman–Crippen LogP) is 4.61. The monoisotopic (exact) mass is 385 g/mol. The number of carboxylic acids is 1. The molecule has 2 heterocycles. The first-order chi connectivity index (χ1) is 12.6. The predicted molar refractivity (Wildman–Crippen MR) is 101 cm³/mol. The molecule has 1 N–H and O–H groups in total. The van der Waals surface area contributed by atoms with Crippen molar-refractivity contribution in [2.75, 3.05) is 0 Å². The summed E-state index contributed by atoms with van der Waals surface area (Å²) in [6.45, 7) is 0. The Kier molecular flexibility index (Phi) is 4.26. The van der Waals surface area contributed by atoms with Crippen molar-refractivity contribution in [1.29, 1.82) is 0 Å². The van der Waals surface area contributed by atoms with Crippen molar-refractivity contribution in [3.8, 4) is 0 Å². The number of nitrogens with zero attached hydrogens (tertiary/aromatic N) is 3. The highest BCUT2D eigenvalue weighted by molar-refractivity contribution is 6.42. The summed E-state index contributed by atoms with van der Waals surface area (Å²) in [7, 11) is 0. The second-order valence-electron chi connectivity index (χ2n) is 5.93. The fourth-order valence-electron chi connectivity index (χ4n) is 3.23. The van der Waals surface area contributed by atoms with E-state index in [2.05, 4.69) is 10.1 Å². The number of carboxylic acid groups (broad SMARTS) is 1. The van der Waals surface area contributed by atoms with Gasteiger partial charge < -0.3 is 5.11 Å². The summed E-state index contributed by atoms with van der Waals surface area (Å²) in [5.41, 5.74) is 1.96. The highest BCUT2D eigenvalue weighted by atomic mass is 35.5. The van der Waals surface area contributed by atoms with Crippen LogP contribution in [0.5, 0.6) is 0 Å². The SMILES string of the molecule is O=C(O)C1C(c2ccccc2)=Nc2ccnn2C1c1ccc(Cl)c(Cl)c1. The molecule has 0 bridgehead atoms. The van der Waals surface area contributed by atoms with E-state index in [0.717, 1.165) is 5.56 Å². The minimum atomic E-state index is -0.982. The molecule has 0 saturated heterocycles. The van der Waals surface area contributed by atoms with Gasteiger partial charge in [0.1, 0.15) is 5.92 Å². The largest absolute Gasteiger partial charge is 0.481 e. The Balaban J connectivity index is 1.94. The highest BCUT2D eigenvalue weighted by Crippen LogP contribution is 2.39. The molecule has 1 aromatic heterocycles. The second kappa shape index (κ2) is 6.59. The van der Waals surface area contributed by atoms with Crippen molar-refractivity contribution in [3.63, 3.8) is 0 Å². The van der Waals surface area contributed by atoms with Crippen LogP contribution in [0.3, 0.4) is 0 Å². The van der Waals surface area contributed by atoms with E-state index in [1.165, 1.54) is 0 Å². The average molecular weight is 386 g/mol. The summed E-state index contributed by atoms with van der Waals surface area (Å²) >= 11 is 12.2. The molecule has 0 fully saturated rings. The quantitative estimate of drug-likeness (QED) is 0.715. The van der Waals surface area contributed by atoms with E-state index in [0.29, 0.717) is 27.1 Å². The number of rotatable bonds is 3. The maximum atomic E-state index is 12.2. The Hall–Kier alpha value is -2.63. The van der Waals surface area contributed by atoms with Gasteiger partial charge in [0.2, 0.25) is 0 Å². The molecule has 0 spiro atoms. The van der Waals surface area contributed by atoms with Gasteiger partial charge in [0.15, 0.2) is 5.82 Å². The fourth-order valence-corrected chi connectivity index (χ4v) is 3.54. The molecule has 1 aliphatic rings. The molecule has 2 unspecified atom stereocenters. The molecular weight excluding hydrogens is 373 g/mol. The number of hydrogen-bond acceptors (Lipinski definition) is 3. The van der Waals surface area contributed by atoms with Crippen LogP contribution >= 0.6 is 23.2 Å². The molecule has 0 amide bonds. The summed E-state index contributed by atoms with van der Waals surface area (Å²) in [6, 6.07) is 15.6. The third-order valence-corrected chi connectivity index (χ3v) is 5.12. The molecular formula is C19H13Cl2N3O2. The van der Waals surface area contributed by atoms with Crippen LogP contribution in [0.4, 0.5) is 5.82 Å². The van der Waals surface area contributed by atoms with Crippen LogP contribution in [0.25, 0.3) is 0 Å². The number of fused-ring (bicyclic) bond motifs is 1. The van der Waals surface area contributed by atoms with Crippen LogP contribution in [0.2, 0.25) is 10.0 Å². The van der Waals surface area contributed by atoms with Crippen molar-refractivity contribution < 1.29 is 9.90 Å². The summed E-state index contributed by atoms with van der Waals surface area (Å²) in [5, 5.41) is 15.1. The molecule has 2 aromatic carbocycles. The minimum Gasteiger partial charge on any atom is -0.481 e. The first kappa shape index (κ1) is 16.8. The van der Waals surface area contributed by atoms with Crippen molar-refractivity contribution in [1.82, 2.24) is 9.78 Å². The summed E-state index contributed by atoms with van der Waals surface area (Å²) in [5.74, 6) is -1.30. The van der Waals surface area contributed by atoms with Crippen LogP contribution in [0.1, 0.15) is 17.2 Å². The lowest BCUT2D eigenvalue weighted by Crippen LogP contribution is -2.37. The van der Waals surface area contributed by atoms with Crippen molar-refractivity contribution in [2.24, 2.45) is 10.9 Å². The number of halogens is 2. The van der Waals surface area contributed by atoms with Gasteiger partial charge in [-0.25, -0.2) is 9.67 Å². The molecule has 5 nitrogen and oxygen atoms in total. The van der Waals surface area contributed by atoms with E-state index in [1.807, 2.05) is 30.3 Å².